The highest BCUT2D eigenvalue weighted by Gasteiger charge is 2.21. The second-order valence-electron chi connectivity index (χ2n) is 6.01. The van der Waals surface area contributed by atoms with Crippen molar-refractivity contribution in [2.75, 3.05) is 11.9 Å². The van der Waals surface area contributed by atoms with Crippen LogP contribution in [-0.4, -0.2) is 22.4 Å². The van der Waals surface area contributed by atoms with E-state index in [4.69, 9.17) is 4.74 Å². The van der Waals surface area contributed by atoms with Crippen molar-refractivity contribution in [2.45, 2.75) is 12.8 Å². The van der Waals surface area contributed by atoms with Gasteiger partial charge in [0.1, 0.15) is 0 Å². The summed E-state index contributed by atoms with van der Waals surface area (Å²) < 4.78 is 5.31. The lowest BCUT2D eigenvalue weighted by Gasteiger charge is -2.13. The van der Waals surface area contributed by atoms with Gasteiger partial charge in [0.25, 0.3) is 5.91 Å². The van der Waals surface area contributed by atoms with Crippen LogP contribution in [0.2, 0.25) is 0 Å². The van der Waals surface area contributed by atoms with Gasteiger partial charge in [-0.2, -0.15) is 0 Å². The largest absolute Gasteiger partial charge is 0.477 e. The highest BCUT2D eigenvalue weighted by molar-refractivity contribution is 7.16. The van der Waals surface area contributed by atoms with Gasteiger partial charge in [-0.3, -0.25) is 20.2 Å². The molecular weight excluding hydrogens is 366 g/mol. The predicted octanol–water partition coefficient (Wildman–Crippen LogP) is 3.83. The van der Waals surface area contributed by atoms with Crippen molar-refractivity contribution in [3.8, 4) is 17.0 Å². The normalized spacial score (nSPS) is 12.0. The van der Waals surface area contributed by atoms with Crippen LogP contribution in [0.25, 0.3) is 11.3 Å². The molecule has 1 aromatic heterocycles. The van der Waals surface area contributed by atoms with Crippen molar-refractivity contribution in [3.05, 3.63) is 69.1 Å². The summed E-state index contributed by atoms with van der Waals surface area (Å²) in [5.74, 6) is -0.349. The van der Waals surface area contributed by atoms with Crippen LogP contribution in [-0.2, 0) is 17.6 Å². The average molecular weight is 381 g/mol. The molecule has 1 amide bonds. The van der Waals surface area contributed by atoms with Gasteiger partial charge in [0.2, 0.25) is 0 Å². The van der Waals surface area contributed by atoms with Gasteiger partial charge in [-0.25, -0.2) is 4.98 Å². The maximum Gasteiger partial charge on any atom is 0.310 e. The Morgan fingerprint density at radius 1 is 1.19 bits per heavy atom. The molecule has 0 fully saturated rings. The Morgan fingerprint density at radius 3 is 2.81 bits per heavy atom. The zero-order valence-corrected chi connectivity index (χ0v) is 15.0. The number of nitrogens with zero attached hydrogens (tertiary/aromatic N) is 2. The molecule has 1 aliphatic carbocycles. The summed E-state index contributed by atoms with van der Waals surface area (Å²) in [5.41, 5.74) is 3.10. The standard InChI is InChI=1S/C19H15N3O4S/c23-17(11-26-15-8-4-3-7-14(15)22(24)25)20-19-21-18-13-6-2-1-5-12(13)9-10-16(18)27-19/h1-8H,9-11H2,(H,20,21,23). The van der Waals surface area contributed by atoms with Crippen LogP contribution >= 0.6 is 11.3 Å². The van der Waals surface area contributed by atoms with E-state index in [1.807, 2.05) is 18.2 Å². The molecule has 0 spiro atoms. The number of amides is 1. The number of hydrogen-bond acceptors (Lipinski definition) is 6. The first-order chi connectivity index (χ1) is 13.1. The van der Waals surface area contributed by atoms with E-state index < -0.39 is 10.8 Å². The first kappa shape index (κ1) is 17.2. The van der Waals surface area contributed by atoms with Gasteiger partial charge in [-0.05, 0) is 24.5 Å². The van der Waals surface area contributed by atoms with Gasteiger partial charge in [0.05, 0.1) is 10.6 Å². The van der Waals surface area contributed by atoms with Crippen LogP contribution in [0, 0.1) is 10.1 Å². The lowest BCUT2D eigenvalue weighted by Crippen LogP contribution is -2.20. The molecule has 0 atom stereocenters. The smallest absolute Gasteiger partial charge is 0.310 e. The van der Waals surface area contributed by atoms with E-state index in [1.165, 1.54) is 29.0 Å². The summed E-state index contributed by atoms with van der Waals surface area (Å²) in [6, 6.07) is 14.1. The number of para-hydroxylation sites is 2. The van der Waals surface area contributed by atoms with E-state index in [1.54, 1.807) is 12.1 Å². The fraction of sp³-hybridized carbons (Fsp3) is 0.158. The minimum atomic E-state index is -0.542. The number of rotatable bonds is 5. The van der Waals surface area contributed by atoms with E-state index in [2.05, 4.69) is 16.4 Å². The molecule has 0 aliphatic heterocycles. The second kappa shape index (κ2) is 7.16. The van der Waals surface area contributed by atoms with Crippen molar-refractivity contribution < 1.29 is 14.5 Å². The van der Waals surface area contributed by atoms with E-state index in [9.17, 15) is 14.9 Å². The number of aryl methyl sites for hydroxylation is 2. The molecule has 27 heavy (non-hydrogen) atoms. The van der Waals surface area contributed by atoms with Gasteiger partial charge in [-0.1, -0.05) is 36.4 Å². The molecule has 0 unspecified atom stereocenters. The number of aromatic nitrogens is 1. The van der Waals surface area contributed by atoms with Crippen LogP contribution in [0.4, 0.5) is 10.8 Å². The molecule has 8 heteroatoms. The number of benzene rings is 2. The third-order valence-corrected chi connectivity index (χ3v) is 5.29. The molecular formula is C19H15N3O4S. The Hall–Kier alpha value is -3.26. The van der Waals surface area contributed by atoms with Crippen LogP contribution < -0.4 is 10.1 Å². The molecule has 136 valence electrons. The highest BCUT2D eigenvalue weighted by Crippen LogP contribution is 2.37. The number of carbonyl (C=O) groups excluding carboxylic acids is 1. The number of nitro groups is 1. The Bertz CT molecular complexity index is 1030. The van der Waals surface area contributed by atoms with Crippen LogP contribution in [0.15, 0.2) is 48.5 Å². The van der Waals surface area contributed by atoms with Gasteiger partial charge >= 0.3 is 5.69 Å². The second-order valence-corrected chi connectivity index (χ2v) is 7.09. The number of ether oxygens (including phenoxy) is 1. The van der Waals surface area contributed by atoms with Crippen molar-refractivity contribution in [3.63, 3.8) is 0 Å². The number of anilines is 1. The van der Waals surface area contributed by atoms with Crippen molar-refractivity contribution in [1.29, 1.82) is 0 Å². The lowest BCUT2D eigenvalue weighted by molar-refractivity contribution is -0.385. The summed E-state index contributed by atoms with van der Waals surface area (Å²) in [6.07, 6.45) is 1.85. The quantitative estimate of drug-likeness (QED) is 0.535. The average Bonchev–Trinajstić information content (AvgIpc) is 3.09. The van der Waals surface area contributed by atoms with Crippen LogP contribution in [0.5, 0.6) is 5.75 Å². The molecule has 0 saturated carbocycles. The van der Waals surface area contributed by atoms with Crippen molar-refractivity contribution in [1.82, 2.24) is 4.98 Å². The Kier molecular flexibility index (Phi) is 4.55. The van der Waals surface area contributed by atoms with Gasteiger partial charge < -0.3 is 4.74 Å². The highest BCUT2D eigenvalue weighted by atomic mass is 32.1. The molecule has 1 N–H and O–H groups in total. The molecule has 2 aromatic carbocycles. The predicted molar refractivity (Wildman–Crippen MR) is 102 cm³/mol. The summed E-state index contributed by atoms with van der Waals surface area (Å²) >= 11 is 1.45. The fourth-order valence-electron chi connectivity index (χ4n) is 3.03. The summed E-state index contributed by atoms with van der Waals surface area (Å²) in [4.78, 5) is 28.3. The van der Waals surface area contributed by atoms with E-state index in [-0.39, 0.29) is 18.0 Å². The van der Waals surface area contributed by atoms with Gasteiger partial charge in [0.15, 0.2) is 17.5 Å². The van der Waals surface area contributed by atoms with Gasteiger partial charge in [0, 0.05) is 16.5 Å². The van der Waals surface area contributed by atoms with Crippen LogP contribution in [0.3, 0.4) is 0 Å². The number of nitrogens with one attached hydrogen (secondary N) is 1. The number of carbonyl (C=O) groups is 1. The zero-order chi connectivity index (χ0) is 18.8. The third kappa shape index (κ3) is 3.52. The molecule has 7 nitrogen and oxygen atoms in total. The Labute approximate surface area is 158 Å². The molecule has 0 radical (unpaired) electrons. The Morgan fingerprint density at radius 2 is 1.96 bits per heavy atom. The molecule has 0 saturated heterocycles. The molecule has 0 bridgehead atoms. The molecule has 1 heterocycles. The summed E-state index contributed by atoms with van der Waals surface area (Å²) in [7, 11) is 0. The van der Waals surface area contributed by atoms with Crippen molar-refractivity contribution >= 4 is 28.1 Å². The minimum absolute atomic E-state index is 0.0602. The SMILES string of the molecule is O=C(COc1ccccc1[N+](=O)[O-])Nc1nc2c(s1)CCc1ccccc1-2. The maximum atomic E-state index is 12.2. The number of thiazole rings is 1. The Balaban J connectivity index is 1.45. The van der Waals surface area contributed by atoms with E-state index >= 15 is 0 Å². The number of nitro benzene ring substituents is 1. The topological polar surface area (TPSA) is 94.4 Å². The van der Waals surface area contributed by atoms with E-state index in [0.29, 0.717) is 5.13 Å². The monoisotopic (exact) mass is 381 g/mol. The summed E-state index contributed by atoms with van der Waals surface area (Å²) in [6.45, 7) is -0.328. The molecule has 4 rings (SSSR count). The first-order valence-electron chi connectivity index (χ1n) is 8.36. The third-order valence-electron chi connectivity index (χ3n) is 4.26. The van der Waals surface area contributed by atoms with Crippen LogP contribution in [0.1, 0.15) is 10.4 Å². The van der Waals surface area contributed by atoms with Crippen molar-refractivity contribution in [2.24, 2.45) is 0 Å². The number of fused-ring (bicyclic) bond motifs is 3. The fourth-order valence-corrected chi connectivity index (χ4v) is 4.02. The molecule has 3 aromatic rings. The minimum Gasteiger partial charge on any atom is -0.477 e. The summed E-state index contributed by atoms with van der Waals surface area (Å²) in [5, 5.41) is 14.2. The number of hydrogen-bond donors (Lipinski definition) is 1. The maximum absolute atomic E-state index is 12.2. The van der Waals surface area contributed by atoms with Gasteiger partial charge in [-0.15, -0.1) is 11.3 Å². The van der Waals surface area contributed by atoms with E-state index in [0.717, 1.165) is 29.0 Å². The zero-order valence-electron chi connectivity index (χ0n) is 14.2. The molecule has 1 aliphatic rings. The first-order valence-corrected chi connectivity index (χ1v) is 9.17. The lowest BCUT2D eigenvalue weighted by atomic mass is 9.94.